The Morgan fingerprint density at radius 3 is 2.49 bits per heavy atom. The third kappa shape index (κ3) is 5.83. The van der Waals surface area contributed by atoms with Crippen molar-refractivity contribution in [1.82, 2.24) is 14.9 Å². The van der Waals surface area contributed by atoms with Gasteiger partial charge in [-0.15, -0.1) is 0 Å². The number of anilines is 2. The minimum absolute atomic E-state index is 0.183. The van der Waals surface area contributed by atoms with E-state index in [9.17, 15) is 4.79 Å². The molecular formula is C30H28N6O. The number of piperazine rings is 1. The highest BCUT2D eigenvalue weighted by Crippen LogP contribution is 2.27. The minimum atomic E-state index is -0.183. The maximum Gasteiger partial charge on any atom is 0.255 e. The summed E-state index contributed by atoms with van der Waals surface area (Å²) in [5.74, 6) is 0.733. The second kappa shape index (κ2) is 11.0. The number of amides is 1. The van der Waals surface area contributed by atoms with Gasteiger partial charge in [0, 0.05) is 50.7 Å². The normalized spacial score (nSPS) is 13.7. The lowest BCUT2D eigenvalue weighted by Crippen LogP contribution is -2.46. The van der Waals surface area contributed by atoms with Gasteiger partial charge in [-0.05, 0) is 59.5 Å². The second-order valence-corrected chi connectivity index (χ2v) is 9.17. The highest BCUT2D eigenvalue weighted by atomic mass is 16.1. The number of nitrogens with zero attached hydrogens (tertiary/aromatic N) is 5. The van der Waals surface area contributed by atoms with E-state index in [1.54, 1.807) is 24.5 Å². The van der Waals surface area contributed by atoms with Crippen LogP contribution < -0.4 is 10.2 Å². The molecule has 7 heteroatoms. The molecule has 37 heavy (non-hydrogen) atoms. The fourth-order valence-electron chi connectivity index (χ4n) is 4.53. The molecular weight excluding hydrogens is 460 g/mol. The van der Waals surface area contributed by atoms with Gasteiger partial charge in [0.2, 0.25) is 0 Å². The van der Waals surface area contributed by atoms with E-state index in [0.29, 0.717) is 16.9 Å². The molecule has 1 aliphatic rings. The molecule has 4 aromatic rings. The van der Waals surface area contributed by atoms with Crippen LogP contribution in [0.4, 0.5) is 17.2 Å². The molecule has 2 aromatic heterocycles. The lowest BCUT2D eigenvalue weighted by Gasteiger charge is -2.35. The average Bonchev–Trinajstić information content (AvgIpc) is 2.95. The van der Waals surface area contributed by atoms with Gasteiger partial charge in [0.25, 0.3) is 5.91 Å². The van der Waals surface area contributed by atoms with Crippen LogP contribution in [0.3, 0.4) is 0 Å². The summed E-state index contributed by atoms with van der Waals surface area (Å²) in [6, 6.07) is 21.0. The zero-order valence-corrected chi connectivity index (χ0v) is 20.8. The number of aromatic nitrogens is 2. The fourth-order valence-corrected chi connectivity index (χ4v) is 4.53. The smallest absolute Gasteiger partial charge is 0.255 e. The van der Waals surface area contributed by atoms with Crippen molar-refractivity contribution in [3.8, 4) is 11.1 Å². The Morgan fingerprint density at radius 2 is 1.81 bits per heavy atom. The molecule has 0 spiro atoms. The van der Waals surface area contributed by atoms with Crippen molar-refractivity contribution >= 4 is 23.1 Å². The largest absolute Gasteiger partial charge is 0.354 e. The van der Waals surface area contributed by atoms with E-state index in [1.165, 1.54) is 5.56 Å². The van der Waals surface area contributed by atoms with Crippen molar-refractivity contribution in [2.45, 2.75) is 13.5 Å². The third-order valence-corrected chi connectivity index (χ3v) is 6.64. The van der Waals surface area contributed by atoms with E-state index in [0.717, 1.165) is 55.2 Å². The first-order valence-electron chi connectivity index (χ1n) is 12.3. The first-order valence-corrected chi connectivity index (χ1v) is 12.3. The number of hydrogen-bond donors (Lipinski definition) is 1. The Kier molecular flexibility index (Phi) is 7.20. The highest BCUT2D eigenvalue weighted by molar-refractivity contribution is 6.05. The molecule has 1 amide bonds. The van der Waals surface area contributed by atoms with Crippen LogP contribution >= 0.6 is 0 Å². The first kappa shape index (κ1) is 24.2. The quantitative estimate of drug-likeness (QED) is 0.359. The molecule has 0 radical (unpaired) electrons. The van der Waals surface area contributed by atoms with Crippen LogP contribution in [0.15, 0.2) is 85.3 Å². The Hall–Kier alpha value is -4.54. The summed E-state index contributed by atoms with van der Waals surface area (Å²) in [7, 11) is 0. The minimum Gasteiger partial charge on any atom is -0.354 e. The van der Waals surface area contributed by atoms with E-state index >= 15 is 0 Å². The Balaban J connectivity index is 1.20. The van der Waals surface area contributed by atoms with Crippen LogP contribution in [0.25, 0.3) is 16.0 Å². The monoisotopic (exact) mass is 488 g/mol. The summed E-state index contributed by atoms with van der Waals surface area (Å²) < 4.78 is 0. The van der Waals surface area contributed by atoms with Gasteiger partial charge in [-0.1, -0.05) is 36.4 Å². The number of hydrogen-bond acceptors (Lipinski definition) is 5. The topological polar surface area (TPSA) is 65.7 Å². The number of nitrogens with one attached hydrogen (secondary N) is 1. The number of carbonyl (C=O) groups is 1. The van der Waals surface area contributed by atoms with E-state index < -0.39 is 0 Å². The molecule has 3 heterocycles. The van der Waals surface area contributed by atoms with Crippen molar-refractivity contribution < 1.29 is 4.79 Å². The van der Waals surface area contributed by atoms with E-state index in [2.05, 4.69) is 36.0 Å². The Morgan fingerprint density at radius 1 is 1.00 bits per heavy atom. The summed E-state index contributed by atoms with van der Waals surface area (Å²) in [5.41, 5.74) is 6.08. The molecule has 2 aromatic carbocycles. The summed E-state index contributed by atoms with van der Waals surface area (Å²) in [5, 5.41) is 2.97. The molecule has 0 aliphatic carbocycles. The third-order valence-electron chi connectivity index (χ3n) is 6.64. The van der Waals surface area contributed by atoms with Crippen molar-refractivity contribution in [2.75, 3.05) is 36.4 Å². The zero-order valence-electron chi connectivity index (χ0n) is 20.8. The van der Waals surface area contributed by atoms with Crippen molar-refractivity contribution in [3.63, 3.8) is 0 Å². The summed E-state index contributed by atoms with van der Waals surface area (Å²) in [6.45, 7) is 13.8. The molecule has 0 atom stereocenters. The van der Waals surface area contributed by atoms with E-state index in [1.807, 2.05) is 61.7 Å². The summed E-state index contributed by atoms with van der Waals surface area (Å²) in [4.78, 5) is 29.9. The second-order valence-electron chi connectivity index (χ2n) is 9.17. The predicted octanol–water partition coefficient (Wildman–Crippen LogP) is 5.58. The van der Waals surface area contributed by atoms with Gasteiger partial charge < -0.3 is 10.2 Å². The SMILES string of the molecule is [C-]#[N+]c1ccc(-c2cc(C(=O)Nc3ccc(N4CCN(Cc5cccnc5)CC4)nc3)ccc2C)cc1. The van der Waals surface area contributed by atoms with Crippen LogP contribution in [-0.2, 0) is 6.54 Å². The van der Waals surface area contributed by atoms with Crippen molar-refractivity contribution in [2.24, 2.45) is 0 Å². The van der Waals surface area contributed by atoms with Crippen LogP contribution in [-0.4, -0.2) is 47.0 Å². The molecule has 0 bridgehead atoms. The van der Waals surface area contributed by atoms with Gasteiger partial charge in [0.1, 0.15) is 5.82 Å². The number of rotatable bonds is 6. The van der Waals surface area contributed by atoms with Gasteiger partial charge in [-0.25, -0.2) is 9.83 Å². The van der Waals surface area contributed by atoms with Crippen LogP contribution in [0.1, 0.15) is 21.5 Å². The number of aryl methyl sites for hydroxylation is 1. The van der Waals surface area contributed by atoms with Crippen LogP contribution in [0.2, 0.25) is 0 Å². The van der Waals surface area contributed by atoms with Gasteiger partial charge in [-0.2, -0.15) is 0 Å². The van der Waals surface area contributed by atoms with E-state index in [-0.39, 0.29) is 5.91 Å². The van der Waals surface area contributed by atoms with Gasteiger partial charge in [-0.3, -0.25) is 14.7 Å². The van der Waals surface area contributed by atoms with Crippen LogP contribution in [0.5, 0.6) is 0 Å². The number of benzene rings is 2. The molecule has 1 fully saturated rings. The summed E-state index contributed by atoms with van der Waals surface area (Å²) in [6.07, 6.45) is 5.44. The fraction of sp³-hybridized carbons (Fsp3) is 0.200. The van der Waals surface area contributed by atoms with Gasteiger partial charge >= 0.3 is 0 Å². The molecule has 184 valence electrons. The molecule has 1 aliphatic heterocycles. The van der Waals surface area contributed by atoms with Gasteiger partial charge in [0.05, 0.1) is 18.5 Å². The molecule has 0 saturated carbocycles. The molecule has 1 N–H and O–H groups in total. The maximum atomic E-state index is 13.0. The standard InChI is InChI=1S/C30H28N6O/c1-22-5-6-25(18-28(22)24-7-9-26(31-2)10-8-24)30(37)34-27-11-12-29(33-20-27)36-16-14-35(15-17-36)21-23-4-3-13-32-19-23/h3-13,18-20H,14-17,21H2,1H3,(H,34,37). The lowest BCUT2D eigenvalue weighted by molar-refractivity contribution is 0.102. The Labute approximate surface area is 217 Å². The number of carbonyl (C=O) groups excluding carboxylic acids is 1. The van der Waals surface area contributed by atoms with E-state index in [4.69, 9.17) is 6.57 Å². The summed E-state index contributed by atoms with van der Waals surface area (Å²) >= 11 is 0. The molecule has 7 nitrogen and oxygen atoms in total. The lowest BCUT2D eigenvalue weighted by atomic mass is 9.97. The molecule has 1 saturated heterocycles. The van der Waals surface area contributed by atoms with Gasteiger partial charge in [0.15, 0.2) is 5.69 Å². The van der Waals surface area contributed by atoms with Crippen LogP contribution in [0, 0.1) is 13.5 Å². The van der Waals surface area contributed by atoms with Crippen molar-refractivity contribution in [1.29, 1.82) is 0 Å². The predicted molar refractivity (Wildman–Crippen MR) is 147 cm³/mol. The highest BCUT2D eigenvalue weighted by Gasteiger charge is 2.18. The molecule has 0 unspecified atom stereocenters. The maximum absolute atomic E-state index is 13.0. The molecule has 5 rings (SSSR count). The average molecular weight is 489 g/mol. The zero-order chi connectivity index (χ0) is 25.6. The number of pyridine rings is 2. The van der Waals surface area contributed by atoms with Crippen molar-refractivity contribution in [3.05, 3.63) is 113 Å². The Bertz CT molecular complexity index is 1400. The first-order chi connectivity index (χ1) is 18.1.